The van der Waals surface area contributed by atoms with Crippen LogP contribution in [0.15, 0.2) is 12.1 Å². The molecule has 0 aliphatic carbocycles. The lowest BCUT2D eigenvalue weighted by Gasteiger charge is -2.10. The summed E-state index contributed by atoms with van der Waals surface area (Å²) in [7, 11) is 1.02. The first-order chi connectivity index (χ1) is 8.79. The fourth-order valence-electron chi connectivity index (χ4n) is 1.48. The number of carbonyl (C=O) groups is 2. The van der Waals surface area contributed by atoms with Crippen LogP contribution in [0.25, 0.3) is 0 Å². The van der Waals surface area contributed by atoms with E-state index in [1.807, 2.05) is 0 Å². The number of benzene rings is 1. The van der Waals surface area contributed by atoms with Gasteiger partial charge in [-0.1, -0.05) is 0 Å². The minimum absolute atomic E-state index is 0.458. The molecule has 0 heterocycles. The molecule has 0 aliphatic rings. The molecule has 1 aromatic rings. The summed E-state index contributed by atoms with van der Waals surface area (Å²) in [5.41, 5.74) is -1.44. The Hall–Kier alpha value is -2.71. The van der Waals surface area contributed by atoms with Gasteiger partial charge in [0, 0.05) is 0 Å². The van der Waals surface area contributed by atoms with E-state index < -0.39 is 45.6 Å². The molecule has 102 valence electrons. The summed E-state index contributed by atoms with van der Waals surface area (Å²) in [5.74, 6) is -7.39. The molecular weight excluding hydrogens is 265 g/mol. The Morgan fingerprint density at radius 3 is 2.26 bits per heavy atom. The van der Waals surface area contributed by atoms with E-state index in [0.29, 0.717) is 6.07 Å². The van der Waals surface area contributed by atoms with E-state index in [1.54, 1.807) is 0 Å². The van der Waals surface area contributed by atoms with Gasteiger partial charge < -0.3 is 14.9 Å². The number of carboxylic acids is 2. The second-order valence-corrected chi connectivity index (χ2v) is 3.42. The Morgan fingerprint density at radius 2 is 1.89 bits per heavy atom. The lowest BCUT2D eigenvalue weighted by atomic mass is 9.98. The van der Waals surface area contributed by atoms with Crippen LogP contribution in [0.4, 0.5) is 10.1 Å². The van der Waals surface area contributed by atoms with Crippen LogP contribution in [-0.2, 0) is 9.59 Å². The monoisotopic (exact) mass is 273 g/mol. The molecule has 0 aromatic heterocycles. The fourth-order valence-corrected chi connectivity index (χ4v) is 1.48. The Bertz CT molecular complexity index is 543. The molecule has 19 heavy (non-hydrogen) atoms. The average molecular weight is 273 g/mol. The standard InChI is InChI=1S/C10H8FNO7/c1-19-6-3-4(7(9(13)14)10(15)16)2-5(11)8(6)12(17)18/h2-3,7H,1H3,(H,13,14)(H,15,16). The van der Waals surface area contributed by atoms with Crippen LogP contribution in [0.1, 0.15) is 11.5 Å². The van der Waals surface area contributed by atoms with E-state index in [4.69, 9.17) is 10.2 Å². The SMILES string of the molecule is COc1cc(C(C(=O)O)C(=O)O)cc(F)c1[N+](=O)[O-]. The van der Waals surface area contributed by atoms with E-state index >= 15 is 0 Å². The van der Waals surface area contributed by atoms with Gasteiger partial charge in [0.2, 0.25) is 5.82 Å². The van der Waals surface area contributed by atoms with Crippen LogP contribution in [0.5, 0.6) is 5.75 Å². The van der Waals surface area contributed by atoms with Crippen LogP contribution >= 0.6 is 0 Å². The molecule has 0 bridgehead atoms. The van der Waals surface area contributed by atoms with Crippen molar-refractivity contribution in [1.29, 1.82) is 0 Å². The van der Waals surface area contributed by atoms with Crippen molar-refractivity contribution in [2.45, 2.75) is 5.92 Å². The minimum Gasteiger partial charge on any atom is -0.490 e. The van der Waals surface area contributed by atoms with Gasteiger partial charge in [0.1, 0.15) is 0 Å². The highest BCUT2D eigenvalue weighted by molar-refractivity contribution is 5.99. The predicted octanol–water partition coefficient (Wildman–Crippen LogP) is 0.995. The average Bonchev–Trinajstić information content (AvgIpc) is 2.26. The number of methoxy groups -OCH3 is 1. The second-order valence-electron chi connectivity index (χ2n) is 3.42. The molecule has 1 rings (SSSR count). The van der Waals surface area contributed by atoms with Gasteiger partial charge in [0.15, 0.2) is 11.7 Å². The van der Waals surface area contributed by atoms with Crippen molar-refractivity contribution in [3.63, 3.8) is 0 Å². The molecule has 1 aromatic carbocycles. The molecule has 2 N–H and O–H groups in total. The van der Waals surface area contributed by atoms with Crippen molar-refractivity contribution in [2.75, 3.05) is 7.11 Å². The van der Waals surface area contributed by atoms with E-state index in [-0.39, 0.29) is 0 Å². The van der Waals surface area contributed by atoms with Gasteiger partial charge >= 0.3 is 17.6 Å². The zero-order chi connectivity index (χ0) is 14.7. The van der Waals surface area contributed by atoms with Gasteiger partial charge in [-0.25, -0.2) is 0 Å². The lowest BCUT2D eigenvalue weighted by molar-refractivity contribution is -0.388. The Balaban J connectivity index is 3.48. The molecule has 0 amide bonds. The second kappa shape index (κ2) is 5.29. The first-order valence-electron chi connectivity index (χ1n) is 4.77. The number of nitro groups is 1. The van der Waals surface area contributed by atoms with Crippen molar-refractivity contribution in [3.8, 4) is 5.75 Å². The molecular formula is C10H8FNO7. The van der Waals surface area contributed by atoms with Crippen LogP contribution in [0.2, 0.25) is 0 Å². The van der Waals surface area contributed by atoms with Crippen LogP contribution in [0.3, 0.4) is 0 Å². The molecule has 0 aliphatic heterocycles. The third-order valence-electron chi connectivity index (χ3n) is 2.28. The van der Waals surface area contributed by atoms with Crippen molar-refractivity contribution < 1.29 is 33.9 Å². The predicted molar refractivity (Wildman–Crippen MR) is 57.6 cm³/mol. The topological polar surface area (TPSA) is 127 Å². The number of halogens is 1. The first kappa shape index (κ1) is 14.4. The maximum atomic E-state index is 13.5. The quantitative estimate of drug-likeness (QED) is 0.465. The maximum absolute atomic E-state index is 13.5. The zero-order valence-corrected chi connectivity index (χ0v) is 9.49. The van der Waals surface area contributed by atoms with Crippen LogP contribution < -0.4 is 4.74 Å². The normalized spacial score (nSPS) is 10.3. The number of ether oxygens (including phenoxy) is 1. The highest BCUT2D eigenvalue weighted by atomic mass is 19.1. The first-order valence-corrected chi connectivity index (χ1v) is 4.77. The van der Waals surface area contributed by atoms with Gasteiger partial charge in [-0.2, -0.15) is 4.39 Å². The smallest absolute Gasteiger partial charge is 0.346 e. The van der Waals surface area contributed by atoms with E-state index in [0.717, 1.165) is 13.2 Å². The molecule has 0 saturated carbocycles. The molecule has 0 radical (unpaired) electrons. The molecule has 0 saturated heterocycles. The van der Waals surface area contributed by atoms with Gasteiger partial charge in [-0.05, 0) is 17.7 Å². The highest BCUT2D eigenvalue weighted by Gasteiger charge is 2.32. The summed E-state index contributed by atoms with van der Waals surface area (Å²) in [4.78, 5) is 31.1. The number of aliphatic carboxylic acids is 2. The molecule has 0 unspecified atom stereocenters. The van der Waals surface area contributed by atoms with Gasteiger partial charge in [-0.3, -0.25) is 19.7 Å². The van der Waals surface area contributed by atoms with Crippen molar-refractivity contribution in [3.05, 3.63) is 33.6 Å². The third kappa shape index (κ3) is 2.76. The molecule has 9 heteroatoms. The fraction of sp³-hybridized carbons (Fsp3) is 0.200. The largest absolute Gasteiger partial charge is 0.490 e. The molecule has 0 atom stereocenters. The highest BCUT2D eigenvalue weighted by Crippen LogP contribution is 2.33. The van der Waals surface area contributed by atoms with E-state index in [9.17, 15) is 24.1 Å². The lowest BCUT2D eigenvalue weighted by Crippen LogP contribution is -2.21. The molecule has 8 nitrogen and oxygen atoms in total. The Kier molecular flexibility index (Phi) is 4.00. The van der Waals surface area contributed by atoms with Gasteiger partial charge in [-0.15, -0.1) is 0 Å². The van der Waals surface area contributed by atoms with Crippen molar-refractivity contribution >= 4 is 17.6 Å². The van der Waals surface area contributed by atoms with Crippen molar-refractivity contribution in [2.24, 2.45) is 0 Å². The minimum atomic E-state index is -2.04. The summed E-state index contributed by atoms with van der Waals surface area (Å²) >= 11 is 0. The number of hydrogen-bond donors (Lipinski definition) is 2. The van der Waals surface area contributed by atoms with Gasteiger partial charge in [0.05, 0.1) is 12.0 Å². The summed E-state index contributed by atoms with van der Waals surface area (Å²) < 4.78 is 18.1. The summed E-state index contributed by atoms with van der Waals surface area (Å²) in [6, 6.07) is 1.31. The Labute approximate surface area is 105 Å². The van der Waals surface area contributed by atoms with Crippen LogP contribution in [0, 0.1) is 15.9 Å². The summed E-state index contributed by atoms with van der Waals surface area (Å²) in [6.45, 7) is 0. The van der Waals surface area contributed by atoms with Gasteiger partial charge in [0.25, 0.3) is 0 Å². The number of rotatable bonds is 5. The molecule has 0 spiro atoms. The zero-order valence-electron chi connectivity index (χ0n) is 9.49. The third-order valence-corrected chi connectivity index (χ3v) is 2.28. The number of carboxylic acid groups (broad SMARTS) is 2. The number of nitrogens with zero attached hydrogens (tertiary/aromatic N) is 1. The molecule has 0 fully saturated rings. The number of hydrogen-bond acceptors (Lipinski definition) is 5. The van der Waals surface area contributed by atoms with E-state index in [1.165, 1.54) is 0 Å². The van der Waals surface area contributed by atoms with Crippen molar-refractivity contribution in [1.82, 2.24) is 0 Å². The summed E-state index contributed by atoms with van der Waals surface area (Å²) in [5, 5.41) is 28.1. The number of nitro benzene ring substituents is 1. The summed E-state index contributed by atoms with van der Waals surface area (Å²) in [6.07, 6.45) is 0. The van der Waals surface area contributed by atoms with E-state index in [2.05, 4.69) is 4.74 Å². The maximum Gasteiger partial charge on any atom is 0.346 e. The van der Waals surface area contributed by atoms with Crippen LogP contribution in [-0.4, -0.2) is 34.2 Å². The Morgan fingerprint density at radius 1 is 1.37 bits per heavy atom.